The molecule has 5 heteroatoms. The second-order valence-electron chi connectivity index (χ2n) is 7.07. The van der Waals surface area contributed by atoms with E-state index >= 15 is 0 Å². The molecule has 1 N–H and O–H groups in total. The van der Waals surface area contributed by atoms with Crippen LogP contribution in [-0.4, -0.2) is 38.5 Å². The van der Waals surface area contributed by atoms with Crippen LogP contribution in [0.1, 0.15) is 48.3 Å². The molecule has 2 heterocycles. The molecule has 1 unspecified atom stereocenters. The molecule has 0 bridgehead atoms. The van der Waals surface area contributed by atoms with E-state index in [1.54, 1.807) is 18.5 Å². The number of carbonyl (C=O) groups is 1. The van der Waals surface area contributed by atoms with Gasteiger partial charge in [-0.25, -0.2) is 9.97 Å². The smallest absolute Gasteiger partial charge is 0.291 e. The average molecular weight is 337 g/mol. The predicted molar refractivity (Wildman–Crippen MR) is 93.8 cm³/mol. The lowest BCUT2D eigenvalue weighted by Gasteiger charge is -2.52. The van der Waals surface area contributed by atoms with E-state index in [1.807, 2.05) is 35.2 Å². The molecule has 2 aromatic rings. The third kappa shape index (κ3) is 2.82. The van der Waals surface area contributed by atoms with Crippen LogP contribution in [-0.2, 0) is 5.60 Å². The number of aliphatic hydroxyl groups is 1. The second-order valence-corrected chi connectivity index (χ2v) is 7.07. The molecule has 3 atom stereocenters. The molecule has 1 aromatic carbocycles. The third-order valence-corrected chi connectivity index (χ3v) is 5.77. The van der Waals surface area contributed by atoms with Gasteiger partial charge in [-0.05, 0) is 30.9 Å². The van der Waals surface area contributed by atoms with Crippen LogP contribution >= 0.6 is 0 Å². The van der Waals surface area contributed by atoms with Gasteiger partial charge in [-0.3, -0.25) is 4.79 Å². The van der Waals surface area contributed by atoms with Crippen LogP contribution in [0.25, 0.3) is 0 Å². The molecule has 0 radical (unpaired) electrons. The molecule has 5 nitrogen and oxygen atoms in total. The van der Waals surface area contributed by atoms with Crippen LogP contribution < -0.4 is 0 Å². The van der Waals surface area contributed by atoms with Crippen molar-refractivity contribution >= 4 is 5.91 Å². The number of amides is 1. The summed E-state index contributed by atoms with van der Waals surface area (Å²) >= 11 is 0. The number of benzene rings is 1. The Morgan fingerprint density at radius 1 is 1.08 bits per heavy atom. The number of carbonyl (C=O) groups excluding carboxylic acids is 1. The van der Waals surface area contributed by atoms with E-state index in [0.717, 1.165) is 31.2 Å². The summed E-state index contributed by atoms with van der Waals surface area (Å²) in [6.45, 7) is 0.531. The van der Waals surface area contributed by atoms with Crippen LogP contribution in [0.4, 0.5) is 0 Å². The van der Waals surface area contributed by atoms with E-state index in [0.29, 0.717) is 13.0 Å². The highest BCUT2D eigenvalue weighted by atomic mass is 16.3. The molecule has 0 spiro atoms. The summed E-state index contributed by atoms with van der Waals surface area (Å²) < 4.78 is 0. The summed E-state index contributed by atoms with van der Waals surface area (Å²) in [5.74, 6) is 0.189. The highest BCUT2D eigenvalue weighted by molar-refractivity contribution is 5.90. The van der Waals surface area contributed by atoms with Crippen molar-refractivity contribution in [3.63, 3.8) is 0 Å². The Hall–Kier alpha value is -2.27. The summed E-state index contributed by atoms with van der Waals surface area (Å²) in [6, 6.07) is 11.7. The summed E-state index contributed by atoms with van der Waals surface area (Å²) in [4.78, 5) is 23.1. The molecule has 1 saturated carbocycles. The number of rotatable bonds is 2. The van der Waals surface area contributed by atoms with E-state index < -0.39 is 5.60 Å². The van der Waals surface area contributed by atoms with Crippen molar-refractivity contribution in [3.8, 4) is 0 Å². The van der Waals surface area contributed by atoms with Gasteiger partial charge in [0.05, 0.1) is 5.60 Å². The van der Waals surface area contributed by atoms with Crippen LogP contribution in [0, 0.1) is 5.92 Å². The minimum absolute atomic E-state index is 0.0454. The number of aromatic nitrogens is 2. The minimum atomic E-state index is -0.860. The lowest BCUT2D eigenvalue weighted by molar-refractivity contribution is -0.110. The van der Waals surface area contributed by atoms with Crippen molar-refractivity contribution in [2.24, 2.45) is 5.92 Å². The molecular formula is C20H23N3O2. The van der Waals surface area contributed by atoms with E-state index in [-0.39, 0.29) is 23.7 Å². The number of piperidine rings is 1. The Morgan fingerprint density at radius 3 is 2.56 bits per heavy atom. The normalized spacial score (nSPS) is 29.1. The lowest BCUT2D eigenvalue weighted by atomic mass is 9.66. The van der Waals surface area contributed by atoms with Crippen molar-refractivity contribution in [1.82, 2.24) is 14.9 Å². The Morgan fingerprint density at radius 2 is 1.80 bits per heavy atom. The lowest BCUT2D eigenvalue weighted by Crippen LogP contribution is -2.59. The zero-order valence-electron chi connectivity index (χ0n) is 14.2. The molecule has 1 aliphatic heterocycles. The highest BCUT2D eigenvalue weighted by Crippen LogP contribution is 2.47. The summed E-state index contributed by atoms with van der Waals surface area (Å²) in [5, 5.41) is 11.5. The van der Waals surface area contributed by atoms with Crippen LogP contribution in [0.5, 0.6) is 0 Å². The fourth-order valence-corrected chi connectivity index (χ4v) is 4.56. The quantitative estimate of drug-likeness (QED) is 0.915. The van der Waals surface area contributed by atoms with Gasteiger partial charge in [-0.15, -0.1) is 0 Å². The van der Waals surface area contributed by atoms with Gasteiger partial charge in [0.1, 0.15) is 0 Å². The monoisotopic (exact) mass is 337 g/mol. The first-order chi connectivity index (χ1) is 12.2. The van der Waals surface area contributed by atoms with Gasteiger partial charge in [-0.1, -0.05) is 43.2 Å². The van der Waals surface area contributed by atoms with Crippen molar-refractivity contribution in [2.45, 2.75) is 43.7 Å². The van der Waals surface area contributed by atoms with Crippen molar-refractivity contribution in [1.29, 1.82) is 0 Å². The predicted octanol–water partition coefficient (Wildman–Crippen LogP) is 2.77. The maximum atomic E-state index is 12.9. The van der Waals surface area contributed by atoms with Gasteiger partial charge >= 0.3 is 0 Å². The van der Waals surface area contributed by atoms with Gasteiger partial charge in [0.25, 0.3) is 5.91 Å². The Kier molecular flexibility index (Phi) is 4.25. The van der Waals surface area contributed by atoms with Crippen molar-refractivity contribution in [3.05, 3.63) is 60.2 Å². The zero-order valence-corrected chi connectivity index (χ0v) is 14.2. The molecule has 1 amide bonds. The van der Waals surface area contributed by atoms with Crippen molar-refractivity contribution < 1.29 is 9.90 Å². The standard InChI is InChI=1S/C20H23N3O2/c24-19(18-21-12-6-13-22-18)23-14-11-20(25,15-7-2-1-3-8-15)16-9-4-5-10-17(16)23/h1-3,6-8,12-13,16-17,25H,4-5,9-11,14H2/t16-,17+,20?/m0/s1. The maximum absolute atomic E-state index is 12.9. The van der Waals surface area contributed by atoms with Crippen LogP contribution in [0.15, 0.2) is 48.8 Å². The van der Waals surface area contributed by atoms with Crippen LogP contribution in [0.3, 0.4) is 0 Å². The van der Waals surface area contributed by atoms with Gasteiger partial charge < -0.3 is 10.0 Å². The molecule has 1 saturated heterocycles. The molecule has 1 aromatic heterocycles. The Labute approximate surface area is 147 Å². The van der Waals surface area contributed by atoms with Gasteiger partial charge in [0.15, 0.2) is 0 Å². The number of hydrogen-bond donors (Lipinski definition) is 1. The number of nitrogens with zero attached hydrogens (tertiary/aromatic N) is 3. The second kappa shape index (κ2) is 6.56. The fourth-order valence-electron chi connectivity index (χ4n) is 4.56. The summed E-state index contributed by atoms with van der Waals surface area (Å²) in [7, 11) is 0. The fraction of sp³-hybridized carbons (Fsp3) is 0.450. The first-order valence-electron chi connectivity index (χ1n) is 9.06. The van der Waals surface area contributed by atoms with Gasteiger partial charge in [0, 0.05) is 30.9 Å². The molecule has 25 heavy (non-hydrogen) atoms. The molecule has 2 aliphatic rings. The maximum Gasteiger partial charge on any atom is 0.291 e. The Bertz CT molecular complexity index is 737. The third-order valence-electron chi connectivity index (χ3n) is 5.77. The first kappa shape index (κ1) is 16.2. The van der Waals surface area contributed by atoms with E-state index in [1.165, 1.54) is 0 Å². The number of fused-ring (bicyclic) bond motifs is 1. The summed E-state index contributed by atoms with van der Waals surface area (Å²) in [6.07, 6.45) is 7.81. The highest BCUT2D eigenvalue weighted by Gasteiger charge is 2.50. The molecule has 2 fully saturated rings. The Balaban J connectivity index is 1.66. The molecule has 130 valence electrons. The average Bonchev–Trinajstić information content (AvgIpc) is 2.69. The van der Waals surface area contributed by atoms with E-state index in [9.17, 15) is 9.90 Å². The van der Waals surface area contributed by atoms with Gasteiger partial charge in [-0.2, -0.15) is 0 Å². The van der Waals surface area contributed by atoms with Gasteiger partial charge in [0.2, 0.25) is 5.82 Å². The minimum Gasteiger partial charge on any atom is -0.385 e. The number of hydrogen-bond acceptors (Lipinski definition) is 4. The van der Waals surface area contributed by atoms with Crippen molar-refractivity contribution in [2.75, 3.05) is 6.54 Å². The van der Waals surface area contributed by atoms with E-state index in [4.69, 9.17) is 0 Å². The molecule has 4 rings (SSSR count). The summed E-state index contributed by atoms with van der Waals surface area (Å²) in [5.41, 5.74) is 0.107. The zero-order chi connectivity index (χ0) is 17.3. The van der Waals surface area contributed by atoms with E-state index in [2.05, 4.69) is 9.97 Å². The SMILES string of the molecule is O=C(c1ncccn1)N1CCC(O)(c2ccccc2)[C@H]2CCCC[C@H]21. The molecule has 1 aliphatic carbocycles. The largest absolute Gasteiger partial charge is 0.385 e. The molecular weight excluding hydrogens is 314 g/mol. The van der Waals surface area contributed by atoms with Crippen LogP contribution in [0.2, 0.25) is 0 Å². The topological polar surface area (TPSA) is 66.3 Å². The number of likely N-dealkylation sites (tertiary alicyclic amines) is 1. The first-order valence-corrected chi connectivity index (χ1v) is 9.06.